The fraction of sp³-hybridized carbons (Fsp3) is 0.100. The molecule has 7 heteroatoms. The molecule has 0 unspecified atom stereocenters. The van der Waals surface area contributed by atoms with Crippen LogP contribution >= 0.6 is 15.9 Å². The van der Waals surface area contributed by atoms with Gasteiger partial charge in [-0.2, -0.15) is 15.6 Å². The second kappa shape index (κ2) is 5.83. The Bertz CT molecular complexity index is 525. The fourth-order valence-corrected chi connectivity index (χ4v) is 1.50. The summed E-state index contributed by atoms with van der Waals surface area (Å²) in [7, 11) is 1.62. The zero-order chi connectivity index (χ0) is 12.8. The van der Waals surface area contributed by atoms with Crippen LogP contribution in [0.5, 0.6) is 0 Å². The standard InChI is InChI=1S/C10H7BrFN5/c1-15-9-3-6(11)2-8(12)10(9)17-16-7(4-13)5-14/h2-3,15,17H,1H3. The Balaban J connectivity index is 3.12. The summed E-state index contributed by atoms with van der Waals surface area (Å²) in [5.74, 6) is -0.553. The van der Waals surface area contributed by atoms with E-state index >= 15 is 0 Å². The minimum Gasteiger partial charge on any atom is -0.386 e. The number of nitrogens with one attached hydrogen (secondary N) is 2. The monoisotopic (exact) mass is 295 g/mol. The molecule has 2 N–H and O–H groups in total. The number of hydrogen-bond acceptors (Lipinski definition) is 5. The molecular weight excluding hydrogens is 289 g/mol. The van der Waals surface area contributed by atoms with Crippen molar-refractivity contribution >= 4 is 33.0 Å². The highest BCUT2D eigenvalue weighted by Crippen LogP contribution is 2.29. The number of rotatable bonds is 3. The highest BCUT2D eigenvalue weighted by molar-refractivity contribution is 9.10. The molecule has 1 aromatic carbocycles. The third-order valence-corrected chi connectivity index (χ3v) is 2.27. The summed E-state index contributed by atoms with van der Waals surface area (Å²) in [5.41, 5.74) is 2.49. The minimum absolute atomic E-state index is 0.0682. The van der Waals surface area contributed by atoms with Crippen LogP contribution in [0.25, 0.3) is 0 Å². The Morgan fingerprint density at radius 2 is 2.06 bits per heavy atom. The van der Waals surface area contributed by atoms with Crippen LogP contribution in [0.4, 0.5) is 15.8 Å². The van der Waals surface area contributed by atoms with Crippen molar-refractivity contribution in [1.29, 1.82) is 10.5 Å². The first kappa shape index (κ1) is 12.9. The van der Waals surface area contributed by atoms with Gasteiger partial charge in [-0.25, -0.2) is 4.39 Å². The number of nitrogens with zero attached hydrogens (tertiary/aromatic N) is 3. The maximum Gasteiger partial charge on any atom is 0.237 e. The molecule has 0 spiro atoms. The number of benzene rings is 1. The van der Waals surface area contributed by atoms with Crippen molar-refractivity contribution in [2.75, 3.05) is 17.8 Å². The number of anilines is 2. The molecule has 0 saturated carbocycles. The van der Waals surface area contributed by atoms with Gasteiger partial charge in [-0.15, -0.1) is 0 Å². The van der Waals surface area contributed by atoms with Crippen molar-refractivity contribution in [2.24, 2.45) is 5.10 Å². The van der Waals surface area contributed by atoms with Gasteiger partial charge >= 0.3 is 0 Å². The molecule has 0 aliphatic carbocycles. The lowest BCUT2D eigenvalue weighted by Gasteiger charge is -2.09. The molecule has 0 heterocycles. The summed E-state index contributed by atoms with van der Waals surface area (Å²) < 4.78 is 14.2. The van der Waals surface area contributed by atoms with Crippen LogP contribution in [0.3, 0.4) is 0 Å². The van der Waals surface area contributed by atoms with Gasteiger partial charge in [0.1, 0.15) is 17.8 Å². The van der Waals surface area contributed by atoms with E-state index in [0.29, 0.717) is 10.2 Å². The Labute approximate surface area is 106 Å². The Kier molecular flexibility index (Phi) is 4.44. The third kappa shape index (κ3) is 3.16. The summed E-state index contributed by atoms with van der Waals surface area (Å²) >= 11 is 3.15. The van der Waals surface area contributed by atoms with Crippen molar-refractivity contribution < 1.29 is 4.39 Å². The fourth-order valence-electron chi connectivity index (χ4n) is 1.07. The summed E-state index contributed by atoms with van der Waals surface area (Å²) in [5, 5.41) is 23.2. The van der Waals surface area contributed by atoms with Gasteiger partial charge in [-0.1, -0.05) is 15.9 Å². The van der Waals surface area contributed by atoms with E-state index in [1.807, 2.05) is 0 Å². The molecule has 5 nitrogen and oxygen atoms in total. The maximum absolute atomic E-state index is 13.6. The van der Waals surface area contributed by atoms with Crippen LogP contribution < -0.4 is 10.7 Å². The third-order valence-electron chi connectivity index (χ3n) is 1.82. The molecule has 17 heavy (non-hydrogen) atoms. The lowest BCUT2D eigenvalue weighted by Crippen LogP contribution is -2.02. The van der Waals surface area contributed by atoms with E-state index in [1.165, 1.54) is 6.07 Å². The number of halogens is 2. The minimum atomic E-state index is -0.553. The lowest BCUT2D eigenvalue weighted by molar-refractivity contribution is 0.630. The van der Waals surface area contributed by atoms with E-state index < -0.39 is 5.82 Å². The smallest absolute Gasteiger partial charge is 0.237 e. The van der Waals surface area contributed by atoms with E-state index in [9.17, 15) is 4.39 Å². The predicted molar refractivity (Wildman–Crippen MR) is 65.9 cm³/mol. The van der Waals surface area contributed by atoms with E-state index in [2.05, 4.69) is 31.8 Å². The number of nitriles is 2. The zero-order valence-corrected chi connectivity index (χ0v) is 10.3. The first-order valence-electron chi connectivity index (χ1n) is 4.43. The summed E-state index contributed by atoms with van der Waals surface area (Å²) in [6, 6.07) is 6.01. The molecule has 0 saturated heterocycles. The molecule has 0 aliphatic rings. The Morgan fingerprint density at radius 1 is 1.41 bits per heavy atom. The molecule has 0 radical (unpaired) electrons. The van der Waals surface area contributed by atoms with Crippen molar-refractivity contribution in [3.8, 4) is 12.1 Å². The lowest BCUT2D eigenvalue weighted by atomic mass is 10.2. The van der Waals surface area contributed by atoms with E-state index in [4.69, 9.17) is 10.5 Å². The number of hydrogen-bond donors (Lipinski definition) is 2. The topological polar surface area (TPSA) is 84.0 Å². The molecule has 0 atom stereocenters. The second-order valence-electron chi connectivity index (χ2n) is 2.86. The molecule has 0 bridgehead atoms. The van der Waals surface area contributed by atoms with Gasteiger partial charge in [0.05, 0.1) is 5.69 Å². The Morgan fingerprint density at radius 3 is 2.59 bits per heavy atom. The van der Waals surface area contributed by atoms with E-state index in [1.54, 1.807) is 25.3 Å². The van der Waals surface area contributed by atoms with E-state index in [-0.39, 0.29) is 11.4 Å². The van der Waals surface area contributed by atoms with Gasteiger partial charge in [0.2, 0.25) is 5.71 Å². The largest absolute Gasteiger partial charge is 0.386 e. The van der Waals surface area contributed by atoms with Crippen LogP contribution in [-0.2, 0) is 0 Å². The van der Waals surface area contributed by atoms with Crippen molar-refractivity contribution in [3.05, 3.63) is 22.4 Å². The number of hydrazone groups is 1. The quantitative estimate of drug-likeness (QED) is 0.663. The van der Waals surface area contributed by atoms with Crippen LogP contribution in [0.1, 0.15) is 0 Å². The maximum atomic E-state index is 13.6. The SMILES string of the molecule is CNc1cc(Br)cc(F)c1NN=C(C#N)C#N. The average Bonchev–Trinajstić information content (AvgIpc) is 2.31. The van der Waals surface area contributed by atoms with Gasteiger partial charge in [-0.3, -0.25) is 5.43 Å². The molecule has 0 aromatic heterocycles. The van der Waals surface area contributed by atoms with Crippen molar-refractivity contribution in [1.82, 2.24) is 0 Å². The molecular formula is C10H7BrFN5. The molecule has 1 rings (SSSR count). The first-order chi connectivity index (χ1) is 8.12. The summed E-state index contributed by atoms with van der Waals surface area (Å²) in [4.78, 5) is 0. The first-order valence-corrected chi connectivity index (χ1v) is 5.22. The molecule has 86 valence electrons. The molecule has 1 aromatic rings. The van der Waals surface area contributed by atoms with Crippen molar-refractivity contribution in [3.63, 3.8) is 0 Å². The van der Waals surface area contributed by atoms with E-state index in [0.717, 1.165) is 0 Å². The van der Waals surface area contributed by atoms with Crippen LogP contribution in [0, 0.1) is 28.5 Å². The normalized spacial score (nSPS) is 8.76. The predicted octanol–water partition coefficient (Wildman–Crippen LogP) is 2.44. The van der Waals surface area contributed by atoms with Crippen LogP contribution in [0.15, 0.2) is 21.7 Å². The molecule has 0 fully saturated rings. The van der Waals surface area contributed by atoms with Crippen LogP contribution in [0.2, 0.25) is 0 Å². The molecule has 0 amide bonds. The van der Waals surface area contributed by atoms with Crippen molar-refractivity contribution in [2.45, 2.75) is 0 Å². The highest BCUT2D eigenvalue weighted by Gasteiger charge is 2.09. The van der Waals surface area contributed by atoms with Gasteiger partial charge in [-0.05, 0) is 12.1 Å². The zero-order valence-electron chi connectivity index (χ0n) is 8.75. The summed E-state index contributed by atoms with van der Waals surface area (Å²) in [6.45, 7) is 0. The van der Waals surface area contributed by atoms with Gasteiger partial charge < -0.3 is 5.32 Å². The van der Waals surface area contributed by atoms with Gasteiger partial charge in [0.15, 0.2) is 5.82 Å². The second-order valence-corrected chi connectivity index (χ2v) is 3.77. The van der Waals surface area contributed by atoms with Gasteiger partial charge in [0, 0.05) is 11.5 Å². The summed E-state index contributed by atoms with van der Waals surface area (Å²) in [6.07, 6.45) is 0. The molecule has 0 aliphatic heterocycles. The average molecular weight is 296 g/mol. The highest BCUT2D eigenvalue weighted by atomic mass is 79.9. The van der Waals surface area contributed by atoms with Crippen LogP contribution in [-0.4, -0.2) is 12.8 Å². The Hall–Kier alpha value is -2.12. The van der Waals surface area contributed by atoms with Gasteiger partial charge in [0.25, 0.3) is 0 Å².